The topological polar surface area (TPSA) is 56.8 Å². The van der Waals surface area contributed by atoms with Crippen LogP contribution in [0.1, 0.15) is 31.1 Å². The van der Waals surface area contributed by atoms with Crippen LogP contribution in [0, 0.1) is 6.92 Å². The van der Waals surface area contributed by atoms with E-state index < -0.39 is 0 Å². The van der Waals surface area contributed by atoms with E-state index in [1.54, 1.807) is 10.9 Å². The summed E-state index contributed by atoms with van der Waals surface area (Å²) in [5.41, 5.74) is 2.67. The summed E-state index contributed by atoms with van der Waals surface area (Å²) < 4.78 is 5.56. The van der Waals surface area contributed by atoms with Crippen LogP contribution in [0.3, 0.4) is 0 Å². The molecule has 6 heteroatoms. The highest BCUT2D eigenvalue weighted by Crippen LogP contribution is 2.12. The Kier molecular flexibility index (Phi) is 4.90. The van der Waals surface area contributed by atoms with Gasteiger partial charge in [-0.15, -0.1) is 0 Å². The van der Waals surface area contributed by atoms with Crippen LogP contribution in [0.2, 0.25) is 0 Å². The Labute approximate surface area is 147 Å². The lowest BCUT2D eigenvalue weighted by Gasteiger charge is -2.21. The smallest absolute Gasteiger partial charge is 0.276 e. The minimum atomic E-state index is 0.0256. The van der Waals surface area contributed by atoms with Crippen molar-refractivity contribution in [1.82, 2.24) is 24.5 Å². The fourth-order valence-corrected chi connectivity index (χ4v) is 3.01. The van der Waals surface area contributed by atoms with E-state index in [1.807, 2.05) is 65.9 Å². The Hall–Kier alpha value is -2.60. The molecule has 0 aliphatic carbocycles. The quantitative estimate of drug-likeness (QED) is 0.750. The Bertz CT molecular complexity index is 877. The maximum atomic E-state index is 12.9. The maximum absolute atomic E-state index is 12.9. The maximum Gasteiger partial charge on any atom is 0.276 e. The van der Waals surface area contributed by atoms with Gasteiger partial charge in [0.05, 0.1) is 17.3 Å². The van der Waals surface area contributed by atoms with E-state index in [0.717, 1.165) is 16.9 Å². The van der Waals surface area contributed by atoms with E-state index in [0.29, 0.717) is 6.54 Å². The molecule has 3 rings (SSSR count). The first-order chi connectivity index (χ1) is 12.0. The molecule has 132 valence electrons. The normalized spacial score (nSPS) is 13.8. The van der Waals surface area contributed by atoms with Crippen molar-refractivity contribution in [3.8, 4) is 5.69 Å². The molecule has 0 aliphatic heterocycles. The van der Waals surface area contributed by atoms with Crippen molar-refractivity contribution in [3.05, 3.63) is 70.4 Å². The number of hydrogen-bond acceptors (Lipinski definition) is 3. The van der Waals surface area contributed by atoms with Crippen molar-refractivity contribution < 1.29 is 0 Å². The average molecular weight is 339 g/mol. The number of nitrogens with one attached hydrogen (secondary N) is 1. The first kappa shape index (κ1) is 17.2. The highest BCUT2D eigenvalue weighted by atomic mass is 16.1. The third-order valence-electron chi connectivity index (χ3n) is 4.94. The van der Waals surface area contributed by atoms with Gasteiger partial charge in [0.2, 0.25) is 0 Å². The highest BCUT2D eigenvalue weighted by molar-refractivity contribution is 5.33. The van der Waals surface area contributed by atoms with Crippen LogP contribution >= 0.6 is 0 Å². The number of para-hydroxylation sites is 1. The first-order valence-electron chi connectivity index (χ1n) is 8.56. The second kappa shape index (κ2) is 7.11. The fourth-order valence-electron chi connectivity index (χ4n) is 3.01. The highest BCUT2D eigenvalue weighted by Gasteiger charge is 2.18. The Morgan fingerprint density at radius 2 is 1.88 bits per heavy atom. The van der Waals surface area contributed by atoms with Gasteiger partial charge in [-0.25, -0.2) is 4.68 Å². The van der Waals surface area contributed by atoms with E-state index in [9.17, 15) is 4.79 Å². The summed E-state index contributed by atoms with van der Waals surface area (Å²) in [6.07, 6.45) is 3.74. The van der Waals surface area contributed by atoms with Gasteiger partial charge in [-0.1, -0.05) is 18.2 Å². The van der Waals surface area contributed by atoms with Crippen molar-refractivity contribution >= 4 is 0 Å². The van der Waals surface area contributed by atoms with Crippen molar-refractivity contribution in [1.29, 1.82) is 0 Å². The van der Waals surface area contributed by atoms with Crippen LogP contribution in [0.5, 0.6) is 0 Å². The molecule has 0 fully saturated rings. The molecule has 6 nitrogen and oxygen atoms in total. The Morgan fingerprint density at radius 3 is 2.52 bits per heavy atom. The lowest BCUT2D eigenvalue weighted by Crippen LogP contribution is -2.35. The zero-order chi connectivity index (χ0) is 18.0. The van der Waals surface area contributed by atoms with Gasteiger partial charge in [0.1, 0.15) is 0 Å². The SMILES string of the molecule is Cc1c(CN[C@H](C)[C@@H](C)n2cccn2)c(=O)n(-c2ccccc2)n1C. The molecule has 0 saturated carbocycles. The molecular formula is C19H25N5O. The van der Waals surface area contributed by atoms with E-state index >= 15 is 0 Å². The summed E-state index contributed by atoms with van der Waals surface area (Å²) in [6.45, 7) is 6.75. The van der Waals surface area contributed by atoms with Gasteiger partial charge in [-0.05, 0) is 39.0 Å². The monoisotopic (exact) mass is 339 g/mol. The summed E-state index contributed by atoms with van der Waals surface area (Å²) in [5, 5.41) is 7.77. The molecule has 2 aromatic heterocycles. The molecule has 0 radical (unpaired) electrons. The number of benzene rings is 1. The number of nitrogens with zero attached hydrogens (tertiary/aromatic N) is 4. The fraction of sp³-hybridized carbons (Fsp3) is 0.368. The molecule has 0 spiro atoms. The minimum absolute atomic E-state index is 0.0256. The van der Waals surface area contributed by atoms with Gasteiger partial charge in [0.25, 0.3) is 5.56 Å². The van der Waals surface area contributed by atoms with Crippen LogP contribution in [0.15, 0.2) is 53.6 Å². The van der Waals surface area contributed by atoms with E-state index in [4.69, 9.17) is 0 Å². The molecule has 2 atom stereocenters. The van der Waals surface area contributed by atoms with Crippen molar-refractivity contribution in [2.45, 2.75) is 39.4 Å². The number of hydrogen-bond donors (Lipinski definition) is 1. The molecule has 1 aromatic carbocycles. The Morgan fingerprint density at radius 1 is 1.16 bits per heavy atom. The molecule has 0 aliphatic rings. The standard InChI is InChI=1S/C19H25N5O/c1-14(15(2)23-12-8-11-21-23)20-13-18-16(3)22(4)24(19(18)25)17-9-6-5-7-10-17/h5-12,14-15,20H,13H2,1-4H3/t14-,15-/m1/s1. The van der Waals surface area contributed by atoms with E-state index in [-0.39, 0.29) is 17.6 Å². The first-order valence-corrected chi connectivity index (χ1v) is 8.56. The van der Waals surface area contributed by atoms with Crippen molar-refractivity contribution in [2.24, 2.45) is 7.05 Å². The van der Waals surface area contributed by atoms with E-state index in [2.05, 4.69) is 24.3 Å². The van der Waals surface area contributed by atoms with Crippen LogP contribution in [0.4, 0.5) is 0 Å². The van der Waals surface area contributed by atoms with Crippen LogP contribution in [-0.4, -0.2) is 25.2 Å². The van der Waals surface area contributed by atoms with Gasteiger partial charge >= 0.3 is 0 Å². The second-order valence-electron chi connectivity index (χ2n) is 6.44. The van der Waals surface area contributed by atoms with E-state index in [1.165, 1.54) is 0 Å². The lowest BCUT2D eigenvalue weighted by atomic mass is 10.1. The molecule has 0 unspecified atom stereocenters. The molecule has 0 bridgehead atoms. The van der Waals surface area contributed by atoms with Gasteiger partial charge in [0, 0.05) is 37.7 Å². The van der Waals surface area contributed by atoms with Crippen molar-refractivity contribution in [2.75, 3.05) is 0 Å². The van der Waals surface area contributed by atoms with Crippen LogP contribution in [0.25, 0.3) is 5.69 Å². The minimum Gasteiger partial charge on any atom is -0.308 e. The number of aromatic nitrogens is 4. The number of rotatable bonds is 6. The summed E-state index contributed by atoms with van der Waals surface area (Å²) in [4.78, 5) is 12.9. The molecule has 1 N–H and O–H groups in total. The van der Waals surface area contributed by atoms with Gasteiger partial charge in [-0.2, -0.15) is 5.10 Å². The van der Waals surface area contributed by atoms with Gasteiger partial charge in [-0.3, -0.25) is 14.2 Å². The Balaban J connectivity index is 1.81. The third kappa shape index (κ3) is 3.30. The molecular weight excluding hydrogens is 314 g/mol. The van der Waals surface area contributed by atoms with Crippen LogP contribution in [-0.2, 0) is 13.6 Å². The van der Waals surface area contributed by atoms with Gasteiger partial charge < -0.3 is 5.32 Å². The zero-order valence-corrected chi connectivity index (χ0v) is 15.2. The predicted octanol–water partition coefficient (Wildman–Crippen LogP) is 2.42. The molecule has 0 saturated heterocycles. The van der Waals surface area contributed by atoms with Crippen molar-refractivity contribution in [3.63, 3.8) is 0 Å². The molecule has 3 aromatic rings. The summed E-state index contributed by atoms with van der Waals surface area (Å²) in [5.74, 6) is 0. The zero-order valence-electron chi connectivity index (χ0n) is 15.2. The summed E-state index contributed by atoms with van der Waals surface area (Å²) >= 11 is 0. The molecule has 0 amide bonds. The lowest BCUT2D eigenvalue weighted by molar-refractivity contribution is 0.364. The second-order valence-corrected chi connectivity index (χ2v) is 6.44. The average Bonchev–Trinajstić information content (AvgIpc) is 3.22. The van der Waals surface area contributed by atoms with Gasteiger partial charge in [0.15, 0.2) is 0 Å². The largest absolute Gasteiger partial charge is 0.308 e. The molecule has 2 heterocycles. The molecule has 25 heavy (non-hydrogen) atoms. The van der Waals surface area contributed by atoms with Crippen LogP contribution < -0.4 is 10.9 Å². The summed E-state index contributed by atoms with van der Waals surface area (Å²) in [6, 6.07) is 12.0. The summed E-state index contributed by atoms with van der Waals surface area (Å²) in [7, 11) is 1.92. The third-order valence-corrected chi connectivity index (χ3v) is 4.94. The predicted molar refractivity (Wildman–Crippen MR) is 99.0 cm³/mol.